The topological polar surface area (TPSA) is 57.5 Å². The Morgan fingerprint density at radius 3 is 2.08 bits per heavy atom. The largest absolute Gasteiger partial charge is 0.362 e. The molecule has 1 rings (SSSR count). The van der Waals surface area contributed by atoms with Crippen LogP contribution in [0.15, 0.2) is 24.3 Å². The third-order valence-corrected chi connectivity index (χ3v) is 1.57. The molecule has 13 heavy (non-hydrogen) atoms. The third kappa shape index (κ3) is 3.58. The van der Waals surface area contributed by atoms with Crippen LogP contribution in [0.2, 0.25) is 0 Å². The van der Waals surface area contributed by atoms with E-state index in [9.17, 15) is 4.79 Å². The molecule has 0 aliphatic heterocycles. The first-order valence-corrected chi connectivity index (χ1v) is 3.58. The van der Waals surface area contributed by atoms with Gasteiger partial charge in [0.15, 0.2) is 0 Å². The standard InChI is InChI=1S/C9H10O3.Na/c1-6-2-4-7(5-3-6)8(10)9(11)12;/h2-5,9,11-12H,1H3;. The van der Waals surface area contributed by atoms with Crippen molar-refractivity contribution in [3.8, 4) is 0 Å². The van der Waals surface area contributed by atoms with Crippen LogP contribution in [0.3, 0.4) is 0 Å². The average molecular weight is 189 g/mol. The van der Waals surface area contributed by atoms with Gasteiger partial charge in [-0.3, -0.25) is 4.79 Å². The minimum absolute atomic E-state index is 0. The summed E-state index contributed by atoms with van der Waals surface area (Å²) in [6, 6.07) is 6.62. The van der Waals surface area contributed by atoms with Gasteiger partial charge in [0.1, 0.15) is 0 Å². The molecule has 0 aromatic heterocycles. The molecule has 0 fully saturated rings. The Labute approximate surface area is 98.7 Å². The molecule has 3 nitrogen and oxygen atoms in total. The second-order valence-corrected chi connectivity index (χ2v) is 2.60. The summed E-state index contributed by atoms with van der Waals surface area (Å²) in [6.07, 6.45) is -1.91. The van der Waals surface area contributed by atoms with E-state index in [1.165, 1.54) is 0 Å². The van der Waals surface area contributed by atoms with E-state index < -0.39 is 12.1 Å². The first-order valence-electron chi connectivity index (χ1n) is 3.58. The number of Topliss-reactive ketones (excluding diaryl/α,β-unsaturated/α-hetero) is 1. The molecule has 1 aromatic rings. The van der Waals surface area contributed by atoms with E-state index in [-0.39, 0.29) is 29.6 Å². The molecule has 65 valence electrons. The van der Waals surface area contributed by atoms with E-state index >= 15 is 0 Å². The summed E-state index contributed by atoms with van der Waals surface area (Å²) in [6.45, 7) is 1.89. The van der Waals surface area contributed by atoms with Crippen LogP contribution in [0.5, 0.6) is 0 Å². The van der Waals surface area contributed by atoms with E-state index in [4.69, 9.17) is 10.2 Å². The summed E-state index contributed by atoms with van der Waals surface area (Å²) in [5, 5.41) is 17.1. The molecule has 0 atom stereocenters. The first kappa shape index (κ1) is 12.8. The van der Waals surface area contributed by atoms with Gasteiger partial charge in [-0.05, 0) is 6.92 Å². The summed E-state index contributed by atoms with van der Waals surface area (Å²) >= 11 is 0. The molecule has 4 heteroatoms. The predicted molar refractivity (Wildman–Crippen MR) is 49.5 cm³/mol. The fourth-order valence-electron chi connectivity index (χ4n) is 0.867. The molecule has 0 aliphatic carbocycles. The van der Waals surface area contributed by atoms with Crippen LogP contribution in [0.25, 0.3) is 0 Å². The minimum Gasteiger partial charge on any atom is -0.362 e. The minimum atomic E-state index is -1.91. The van der Waals surface area contributed by atoms with Crippen molar-refractivity contribution in [1.82, 2.24) is 0 Å². The molecule has 0 amide bonds. The van der Waals surface area contributed by atoms with Gasteiger partial charge >= 0.3 is 0 Å². The quantitative estimate of drug-likeness (QED) is 0.394. The van der Waals surface area contributed by atoms with Crippen LogP contribution in [0, 0.1) is 6.92 Å². The third-order valence-electron chi connectivity index (χ3n) is 1.57. The van der Waals surface area contributed by atoms with Crippen molar-refractivity contribution in [2.45, 2.75) is 13.2 Å². The Balaban J connectivity index is 0.00000144. The molecule has 0 saturated carbocycles. The number of aryl methyl sites for hydroxylation is 1. The van der Waals surface area contributed by atoms with Crippen LogP contribution < -0.4 is 0 Å². The van der Waals surface area contributed by atoms with Gasteiger partial charge in [-0.1, -0.05) is 29.8 Å². The van der Waals surface area contributed by atoms with Crippen LogP contribution in [-0.2, 0) is 0 Å². The molecule has 2 N–H and O–H groups in total. The van der Waals surface area contributed by atoms with Crippen LogP contribution >= 0.6 is 0 Å². The number of aliphatic hydroxyl groups is 2. The second-order valence-electron chi connectivity index (χ2n) is 2.60. The summed E-state index contributed by atoms with van der Waals surface area (Å²) in [7, 11) is 0. The van der Waals surface area contributed by atoms with Gasteiger partial charge in [0.2, 0.25) is 12.1 Å². The molecular formula is C9H10NaO3. The van der Waals surface area contributed by atoms with Gasteiger partial charge in [0, 0.05) is 35.1 Å². The van der Waals surface area contributed by atoms with Crippen molar-refractivity contribution >= 4 is 35.3 Å². The van der Waals surface area contributed by atoms with E-state index in [0.29, 0.717) is 5.56 Å². The molecular weight excluding hydrogens is 179 g/mol. The maximum absolute atomic E-state index is 11.0. The number of benzene rings is 1. The maximum Gasteiger partial charge on any atom is 0.218 e. The van der Waals surface area contributed by atoms with Gasteiger partial charge in [-0.25, -0.2) is 0 Å². The zero-order valence-corrected chi connectivity index (χ0v) is 9.69. The van der Waals surface area contributed by atoms with E-state index in [1.807, 2.05) is 6.92 Å². The Bertz CT molecular complexity index is 279. The number of hydrogen-bond donors (Lipinski definition) is 2. The van der Waals surface area contributed by atoms with Gasteiger partial charge < -0.3 is 10.2 Å². The van der Waals surface area contributed by atoms with Crippen molar-refractivity contribution in [2.75, 3.05) is 0 Å². The smallest absolute Gasteiger partial charge is 0.218 e. The van der Waals surface area contributed by atoms with Crippen molar-refractivity contribution in [2.24, 2.45) is 0 Å². The van der Waals surface area contributed by atoms with Crippen LogP contribution in [0.1, 0.15) is 15.9 Å². The Morgan fingerprint density at radius 1 is 1.23 bits per heavy atom. The second kappa shape index (κ2) is 5.52. The number of carbonyl (C=O) groups is 1. The molecule has 0 bridgehead atoms. The number of rotatable bonds is 2. The fourth-order valence-corrected chi connectivity index (χ4v) is 0.867. The van der Waals surface area contributed by atoms with E-state index in [2.05, 4.69) is 0 Å². The zero-order chi connectivity index (χ0) is 9.14. The molecule has 1 aromatic carbocycles. The monoisotopic (exact) mass is 189 g/mol. The van der Waals surface area contributed by atoms with Gasteiger partial charge in [0.05, 0.1) is 0 Å². The summed E-state index contributed by atoms with van der Waals surface area (Å²) in [5.41, 5.74) is 1.34. The molecule has 0 saturated heterocycles. The molecule has 1 radical (unpaired) electrons. The zero-order valence-electron chi connectivity index (χ0n) is 7.69. The van der Waals surface area contributed by atoms with Crippen molar-refractivity contribution in [3.05, 3.63) is 35.4 Å². The first-order chi connectivity index (χ1) is 5.61. The SMILES string of the molecule is Cc1ccc(C(=O)C(O)O)cc1.[Na]. The van der Waals surface area contributed by atoms with Gasteiger partial charge in [-0.2, -0.15) is 0 Å². The summed E-state index contributed by atoms with van der Waals surface area (Å²) in [5.74, 6) is -0.671. The Kier molecular flexibility index (Phi) is 5.44. The number of carbonyl (C=O) groups excluding carboxylic acids is 1. The molecule has 0 heterocycles. The van der Waals surface area contributed by atoms with Crippen molar-refractivity contribution in [3.63, 3.8) is 0 Å². The van der Waals surface area contributed by atoms with Crippen LogP contribution in [0.4, 0.5) is 0 Å². The van der Waals surface area contributed by atoms with Crippen molar-refractivity contribution < 1.29 is 15.0 Å². The Hall–Kier alpha value is -0.190. The van der Waals surface area contributed by atoms with Crippen molar-refractivity contribution in [1.29, 1.82) is 0 Å². The molecule has 0 unspecified atom stereocenters. The molecule has 0 spiro atoms. The van der Waals surface area contributed by atoms with E-state index in [1.54, 1.807) is 24.3 Å². The Morgan fingerprint density at radius 2 is 1.69 bits per heavy atom. The van der Waals surface area contributed by atoms with E-state index in [0.717, 1.165) is 5.56 Å². The number of hydrogen-bond acceptors (Lipinski definition) is 3. The average Bonchev–Trinajstić information content (AvgIpc) is 2.04. The number of ketones is 1. The summed E-state index contributed by atoms with van der Waals surface area (Å²) < 4.78 is 0. The van der Waals surface area contributed by atoms with Crippen LogP contribution in [-0.4, -0.2) is 51.8 Å². The van der Waals surface area contributed by atoms with Gasteiger partial charge in [-0.15, -0.1) is 0 Å². The van der Waals surface area contributed by atoms with Gasteiger partial charge in [0.25, 0.3) is 0 Å². The normalized spacial score (nSPS) is 9.54. The predicted octanol–water partition coefficient (Wildman–Crippen LogP) is 0.108. The number of aliphatic hydroxyl groups excluding tert-OH is 1. The maximum atomic E-state index is 11.0. The molecule has 0 aliphatic rings. The fraction of sp³-hybridized carbons (Fsp3) is 0.222. The summed E-state index contributed by atoms with van der Waals surface area (Å²) in [4.78, 5) is 11.0.